The summed E-state index contributed by atoms with van der Waals surface area (Å²) in [6, 6.07) is 10.1. The first kappa shape index (κ1) is 13.0. The summed E-state index contributed by atoms with van der Waals surface area (Å²) in [5.41, 5.74) is 8.06. The molecule has 0 saturated heterocycles. The molecule has 19 heavy (non-hydrogen) atoms. The maximum Gasteiger partial charge on any atom is 0.0314 e. The van der Waals surface area contributed by atoms with E-state index in [1.54, 1.807) is 0 Å². The summed E-state index contributed by atoms with van der Waals surface area (Å²) in [7, 11) is 0. The fourth-order valence-corrected chi connectivity index (χ4v) is 3.37. The molecule has 0 amide bonds. The maximum atomic E-state index is 5.77. The van der Waals surface area contributed by atoms with Crippen LogP contribution < -0.4 is 5.73 Å². The van der Waals surface area contributed by atoms with Crippen LogP contribution in [0.5, 0.6) is 0 Å². The second-order valence-corrected chi connectivity index (χ2v) is 6.56. The van der Waals surface area contributed by atoms with Gasteiger partial charge < -0.3 is 5.73 Å². The van der Waals surface area contributed by atoms with Crippen LogP contribution in [-0.4, -0.2) is 17.0 Å². The van der Waals surface area contributed by atoms with E-state index in [0.717, 1.165) is 30.2 Å². The van der Waals surface area contributed by atoms with Crippen LogP contribution in [0, 0.1) is 5.92 Å². The van der Waals surface area contributed by atoms with E-state index in [1.165, 1.54) is 44.1 Å². The Hall–Kier alpha value is -1.02. The Kier molecular flexibility index (Phi) is 3.79. The van der Waals surface area contributed by atoms with Gasteiger partial charge >= 0.3 is 0 Å². The molecule has 2 fully saturated rings. The van der Waals surface area contributed by atoms with Crippen molar-refractivity contribution in [1.82, 2.24) is 4.90 Å². The number of hydrogen-bond donors (Lipinski definition) is 1. The largest absolute Gasteiger partial charge is 0.399 e. The van der Waals surface area contributed by atoms with Crippen LogP contribution in [0.3, 0.4) is 0 Å². The van der Waals surface area contributed by atoms with Gasteiger partial charge in [0.1, 0.15) is 0 Å². The molecule has 2 aliphatic rings. The van der Waals surface area contributed by atoms with Crippen LogP contribution >= 0.6 is 0 Å². The third-order valence-corrected chi connectivity index (χ3v) is 4.82. The van der Waals surface area contributed by atoms with Gasteiger partial charge in [0, 0.05) is 24.3 Å². The highest BCUT2D eigenvalue weighted by atomic mass is 15.2. The average Bonchev–Trinajstić information content (AvgIpc) is 3.24. The van der Waals surface area contributed by atoms with Gasteiger partial charge in [-0.3, -0.25) is 4.90 Å². The quantitative estimate of drug-likeness (QED) is 0.832. The highest BCUT2D eigenvalue weighted by molar-refractivity contribution is 5.39. The van der Waals surface area contributed by atoms with Gasteiger partial charge in [-0.2, -0.15) is 0 Å². The molecular formula is C17H26N2. The second-order valence-electron chi connectivity index (χ2n) is 6.56. The predicted octanol–water partition coefficient (Wildman–Crippen LogP) is 3.81. The molecule has 2 N–H and O–H groups in total. The number of anilines is 1. The molecule has 0 bridgehead atoms. The molecule has 0 radical (unpaired) electrons. The minimum atomic E-state index is 0.821. The van der Waals surface area contributed by atoms with Gasteiger partial charge in [-0.15, -0.1) is 0 Å². The first-order valence-electron chi connectivity index (χ1n) is 7.82. The third kappa shape index (κ3) is 3.30. The third-order valence-electron chi connectivity index (χ3n) is 4.82. The van der Waals surface area contributed by atoms with Crippen LogP contribution in [0.25, 0.3) is 0 Å². The Morgan fingerprint density at radius 3 is 2.00 bits per heavy atom. The second kappa shape index (κ2) is 5.54. The molecule has 1 aromatic carbocycles. The molecule has 0 atom stereocenters. The van der Waals surface area contributed by atoms with E-state index in [1.807, 2.05) is 12.1 Å². The summed E-state index contributed by atoms with van der Waals surface area (Å²) < 4.78 is 0. The summed E-state index contributed by atoms with van der Waals surface area (Å²) in [6.45, 7) is 3.52. The fraction of sp³-hybridized carbons (Fsp3) is 0.647. The van der Waals surface area contributed by atoms with Crippen LogP contribution in [-0.2, 0) is 6.54 Å². The SMILES string of the molecule is CC1CCC(N(Cc2ccc(N)cc2)C2CC2)CC1. The summed E-state index contributed by atoms with van der Waals surface area (Å²) >= 11 is 0. The van der Waals surface area contributed by atoms with Crippen molar-refractivity contribution < 1.29 is 0 Å². The molecule has 2 nitrogen and oxygen atoms in total. The van der Waals surface area contributed by atoms with Crippen molar-refractivity contribution >= 4 is 5.69 Å². The molecule has 104 valence electrons. The lowest BCUT2D eigenvalue weighted by molar-refractivity contribution is 0.124. The fourth-order valence-electron chi connectivity index (χ4n) is 3.37. The lowest BCUT2D eigenvalue weighted by Gasteiger charge is -2.36. The van der Waals surface area contributed by atoms with Crippen molar-refractivity contribution in [3.05, 3.63) is 29.8 Å². The van der Waals surface area contributed by atoms with Crippen molar-refractivity contribution in [2.45, 2.75) is 64.1 Å². The minimum Gasteiger partial charge on any atom is -0.399 e. The zero-order valence-electron chi connectivity index (χ0n) is 12.0. The molecule has 0 unspecified atom stereocenters. The zero-order valence-corrected chi connectivity index (χ0v) is 12.0. The lowest BCUT2D eigenvalue weighted by Crippen LogP contribution is -2.39. The highest BCUT2D eigenvalue weighted by Crippen LogP contribution is 2.36. The predicted molar refractivity (Wildman–Crippen MR) is 80.8 cm³/mol. The number of nitrogens with zero attached hydrogens (tertiary/aromatic N) is 1. The van der Waals surface area contributed by atoms with Gasteiger partial charge in [0.2, 0.25) is 0 Å². The van der Waals surface area contributed by atoms with Crippen molar-refractivity contribution in [1.29, 1.82) is 0 Å². The van der Waals surface area contributed by atoms with E-state index in [2.05, 4.69) is 24.0 Å². The van der Waals surface area contributed by atoms with Gasteiger partial charge in [0.25, 0.3) is 0 Å². The van der Waals surface area contributed by atoms with E-state index in [0.29, 0.717) is 0 Å². The van der Waals surface area contributed by atoms with E-state index in [-0.39, 0.29) is 0 Å². The topological polar surface area (TPSA) is 29.3 Å². The first-order chi connectivity index (χ1) is 9.22. The number of rotatable bonds is 4. The molecule has 0 heterocycles. The molecule has 0 spiro atoms. The molecule has 2 saturated carbocycles. The molecule has 3 rings (SSSR count). The van der Waals surface area contributed by atoms with Crippen LogP contribution in [0.15, 0.2) is 24.3 Å². The Morgan fingerprint density at radius 1 is 0.947 bits per heavy atom. The van der Waals surface area contributed by atoms with Crippen LogP contribution in [0.4, 0.5) is 5.69 Å². The number of nitrogen functional groups attached to an aromatic ring is 1. The summed E-state index contributed by atoms with van der Waals surface area (Å²) in [4.78, 5) is 2.78. The normalized spacial score (nSPS) is 27.7. The molecule has 1 aromatic rings. The Labute approximate surface area is 117 Å². The van der Waals surface area contributed by atoms with Crippen molar-refractivity contribution in [3.63, 3.8) is 0 Å². The van der Waals surface area contributed by atoms with Gasteiger partial charge in [0.05, 0.1) is 0 Å². The Bertz CT molecular complexity index is 400. The van der Waals surface area contributed by atoms with E-state index in [9.17, 15) is 0 Å². The zero-order chi connectivity index (χ0) is 13.2. The molecule has 2 aliphatic carbocycles. The van der Waals surface area contributed by atoms with Gasteiger partial charge in [-0.1, -0.05) is 19.1 Å². The Morgan fingerprint density at radius 2 is 1.47 bits per heavy atom. The van der Waals surface area contributed by atoms with E-state index in [4.69, 9.17) is 5.73 Å². The summed E-state index contributed by atoms with van der Waals surface area (Å²) in [5, 5.41) is 0. The van der Waals surface area contributed by atoms with E-state index >= 15 is 0 Å². The monoisotopic (exact) mass is 258 g/mol. The summed E-state index contributed by atoms with van der Waals surface area (Å²) in [5.74, 6) is 0.939. The molecule has 0 aromatic heterocycles. The van der Waals surface area contributed by atoms with Gasteiger partial charge in [-0.05, 0) is 62.1 Å². The van der Waals surface area contributed by atoms with Gasteiger partial charge in [0.15, 0.2) is 0 Å². The maximum absolute atomic E-state index is 5.77. The first-order valence-corrected chi connectivity index (χ1v) is 7.82. The standard InChI is InChI=1S/C17H26N2/c1-13-2-8-16(9-3-13)19(17-10-11-17)12-14-4-6-15(18)7-5-14/h4-7,13,16-17H,2-3,8-12,18H2,1H3. The number of hydrogen-bond acceptors (Lipinski definition) is 2. The highest BCUT2D eigenvalue weighted by Gasteiger charge is 2.35. The average molecular weight is 258 g/mol. The summed E-state index contributed by atoms with van der Waals surface area (Å²) in [6.07, 6.45) is 8.42. The smallest absolute Gasteiger partial charge is 0.0314 e. The van der Waals surface area contributed by atoms with Gasteiger partial charge in [-0.25, -0.2) is 0 Å². The minimum absolute atomic E-state index is 0.821. The van der Waals surface area contributed by atoms with Crippen molar-refractivity contribution in [3.8, 4) is 0 Å². The number of benzene rings is 1. The molecular weight excluding hydrogens is 232 g/mol. The molecule has 0 aliphatic heterocycles. The Balaban J connectivity index is 1.65. The lowest BCUT2D eigenvalue weighted by atomic mass is 9.86. The van der Waals surface area contributed by atoms with Crippen LogP contribution in [0.2, 0.25) is 0 Å². The van der Waals surface area contributed by atoms with E-state index < -0.39 is 0 Å². The van der Waals surface area contributed by atoms with Crippen molar-refractivity contribution in [2.75, 3.05) is 5.73 Å². The van der Waals surface area contributed by atoms with Crippen molar-refractivity contribution in [2.24, 2.45) is 5.92 Å². The van der Waals surface area contributed by atoms with Crippen LogP contribution in [0.1, 0.15) is 51.0 Å². The molecule has 2 heteroatoms. The number of nitrogens with two attached hydrogens (primary N) is 1.